The molecule has 0 radical (unpaired) electrons. The van der Waals surface area contributed by atoms with Gasteiger partial charge in [0.1, 0.15) is 24.8 Å². The summed E-state index contributed by atoms with van der Waals surface area (Å²) in [7, 11) is 1.51. The third-order valence-electron chi connectivity index (χ3n) is 5.29. The van der Waals surface area contributed by atoms with Crippen LogP contribution < -0.4 is 14.2 Å². The van der Waals surface area contributed by atoms with E-state index in [4.69, 9.17) is 14.2 Å². The Morgan fingerprint density at radius 2 is 1.83 bits per heavy atom. The third-order valence-corrected chi connectivity index (χ3v) is 6.79. The topological polar surface area (TPSA) is 65.1 Å². The monoisotopic (exact) mass is 571 g/mol. The maximum atomic E-state index is 13.1. The molecule has 1 aliphatic heterocycles. The van der Waals surface area contributed by atoms with Crippen molar-refractivity contribution in [3.63, 3.8) is 0 Å². The second kappa shape index (κ2) is 11.6. The number of rotatable bonds is 9. The van der Waals surface area contributed by atoms with Crippen LogP contribution in [-0.4, -0.2) is 36.3 Å². The minimum absolute atomic E-state index is 0.152. The van der Waals surface area contributed by atoms with Crippen LogP contribution in [0.5, 0.6) is 17.2 Å². The molecule has 3 aromatic carbocycles. The van der Waals surface area contributed by atoms with Gasteiger partial charge in [-0.3, -0.25) is 14.5 Å². The number of methoxy groups -OCH3 is 1. The van der Waals surface area contributed by atoms with Crippen LogP contribution in [0.4, 0.5) is 9.18 Å². The average molecular weight is 572 g/mol. The van der Waals surface area contributed by atoms with Gasteiger partial charge in [-0.2, -0.15) is 0 Å². The Hall–Kier alpha value is -3.30. The lowest BCUT2D eigenvalue weighted by Gasteiger charge is -2.14. The number of halogens is 2. The molecule has 1 saturated heterocycles. The van der Waals surface area contributed by atoms with Crippen LogP contribution >= 0.6 is 27.7 Å². The zero-order valence-electron chi connectivity index (χ0n) is 19.6. The van der Waals surface area contributed by atoms with Crippen LogP contribution in [0, 0.1) is 12.7 Å². The highest BCUT2D eigenvalue weighted by Gasteiger charge is 2.35. The van der Waals surface area contributed by atoms with Crippen molar-refractivity contribution in [2.24, 2.45) is 0 Å². The van der Waals surface area contributed by atoms with Crippen LogP contribution in [0.25, 0.3) is 6.08 Å². The summed E-state index contributed by atoms with van der Waals surface area (Å²) >= 11 is 4.38. The van der Waals surface area contributed by atoms with Gasteiger partial charge in [0, 0.05) is 0 Å². The van der Waals surface area contributed by atoms with Crippen LogP contribution in [0.1, 0.15) is 16.7 Å². The summed E-state index contributed by atoms with van der Waals surface area (Å²) in [5.41, 5.74) is 2.53. The molecule has 2 amide bonds. The van der Waals surface area contributed by atoms with Crippen LogP contribution in [0.3, 0.4) is 0 Å². The largest absolute Gasteiger partial charge is 0.493 e. The van der Waals surface area contributed by atoms with E-state index in [1.54, 1.807) is 30.3 Å². The van der Waals surface area contributed by atoms with Crippen molar-refractivity contribution in [2.75, 3.05) is 20.3 Å². The lowest BCUT2D eigenvalue weighted by atomic mass is 10.1. The smallest absolute Gasteiger partial charge is 0.293 e. The molecule has 0 aromatic heterocycles. The first-order valence-corrected chi connectivity index (χ1v) is 12.6. The Labute approximate surface area is 221 Å². The Kier molecular flexibility index (Phi) is 8.32. The zero-order valence-corrected chi connectivity index (χ0v) is 22.0. The summed E-state index contributed by atoms with van der Waals surface area (Å²) in [5.74, 6) is 0.926. The van der Waals surface area contributed by atoms with E-state index >= 15 is 0 Å². The maximum Gasteiger partial charge on any atom is 0.293 e. The number of carbonyl (C=O) groups is 2. The van der Waals surface area contributed by atoms with Crippen molar-refractivity contribution in [3.8, 4) is 17.2 Å². The first kappa shape index (κ1) is 25.8. The standard InChI is InChI=1S/C27H23BrFNO5S/c1-17-4-3-5-21(12-17)34-11-10-30-26(31)24(36-27(30)32)15-19-13-22(28)25(23(14-19)33-2)35-16-18-6-8-20(29)9-7-18/h3-9,12-15H,10-11,16H2,1-2H3/b24-15-. The quantitative estimate of drug-likeness (QED) is 0.269. The van der Waals surface area contributed by atoms with Crippen molar-refractivity contribution in [1.82, 2.24) is 4.90 Å². The molecular weight excluding hydrogens is 549 g/mol. The number of benzene rings is 3. The molecule has 36 heavy (non-hydrogen) atoms. The number of ether oxygens (including phenoxy) is 3. The maximum absolute atomic E-state index is 13.1. The number of hydrogen-bond acceptors (Lipinski definition) is 6. The highest BCUT2D eigenvalue weighted by atomic mass is 79.9. The molecule has 0 N–H and O–H groups in total. The Morgan fingerprint density at radius 1 is 1.06 bits per heavy atom. The van der Waals surface area contributed by atoms with E-state index in [9.17, 15) is 14.0 Å². The van der Waals surface area contributed by atoms with Crippen LogP contribution in [0.15, 0.2) is 70.0 Å². The van der Waals surface area contributed by atoms with Gasteiger partial charge in [0.15, 0.2) is 11.5 Å². The molecule has 0 spiro atoms. The summed E-state index contributed by atoms with van der Waals surface area (Å²) in [4.78, 5) is 26.8. The lowest BCUT2D eigenvalue weighted by Crippen LogP contribution is -2.32. The van der Waals surface area contributed by atoms with Gasteiger partial charge in [0.25, 0.3) is 11.1 Å². The molecule has 0 saturated carbocycles. The second-order valence-corrected chi connectivity index (χ2v) is 9.80. The molecule has 0 atom stereocenters. The SMILES string of the molecule is COc1cc(/C=C2\SC(=O)N(CCOc3cccc(C)c3)C2=O)cc(Br)c1OCc1ccc(F)cc1. The molecule has 0 bridgehead atoms. The van der Waals surface area contributed by atoms with E-state index in [2.05, 4.69) is 15.9 Å². The third kappa shape index (κ3) is 6.27. The fraction of sp³-hybridized carbons (Fsp3) is 0.185. The van der Waals surface area contributed by atoms with Gasteiger partial charge in [-0.25, -0.2) is 4.39 Å². The van der Waals surface area contributed by atoms with Gasteiger partial charge in [0.05, 0.1) is 23.0 Å². The number of aryl methyl sites for hydroxylation is 1. The molecule has 4 rings (SSSR count). The minimum atomic E-state index is -0.371. The van der Waals surface area contributed by atoms with E-state index in [0.717, 1.165) is 22.9 Å². The molecule has 0 aliphatic carbocycles. The van der Waals surface area contributed by atoms with E-state index in [1.807, 2.05) is 31.2 Å². The lowest BCUT2D eigenvalue weighted by molar-refractivity contribution is -0.123. The number of nitrogens with zero attached hydrogens (tertiary/aromatic N) is 1. The molecular formula is C27H23BrFNO5S. The highest BCUT2D eigenvalue weighted by Crippen LogP contribution is 2.39. The van der Waals surface area contributed by atoms with Gasteiger partial charge in [-0.1, -0.05) is 24.3 Å². The normalized spacial score (nSPS) is 14.4. The fourth-order valence-corrected chi connectivity index (χ4v) is 4.94. The van der Waals surface area contributed by atoms with Crippen molar-refractivity contribution in [3.05, 3.63) is 92.5 Å². The fourth-order valence-electron chi connectivity index (χ4n) is 3.50. The Morgan fingerprint density at radius 3 is 2.56 bits per heavy atom. The van der Waals surface area contributed by atoms with Gasteiger partial charge >= 0.3 is 0 Å². The Balaban J connectivity index is 1.43. The summed E-state index contributed by atoms with van der Waals surface area (Å²) in [6.07, 6.45) is 1.64. The van der Waals surface area contributed by atoms with Crippen LogP contribution in [-0.2, 0) is 11.4 Å². The van der Waals surface area contributed by atoms with Gasteiger partial charge < -0.3 is 14.2 Å². The van der Waals surface area contributed by atoms with E-state index < -0.39 is 0 Å². The predicted octanol–water partition coefficient (Wildman–Crippen LogP) is 6.60. The van der Waals surface area contributed by atoms with Crippen molar-refractivity contribution in [2.45, 2.75) is 13.5 Å². The summed E-state index contributed by atoms with van der Waals surface area (Å²) in [6, 6.07) is 17.1. The molecule has 1 heterocycles. The molecule has 3 aromatic rings. The van der Waals surface area contributed by atoms with Crippen molar-refractivity contribution < 1.29 is 28.2 Å². The molecule has 1 fully saturated rings. The van der Waals surface area contributed by atoms with E-state index in [0.29, 0.717) is 32.2 Å². The first-order valence-electron chi connectivity index (χ1n) is 11.0. The highest BCUT2D eigenvalue weighted by molar-refractivity contribution is 9.10. The Bertz CT molecular complexity index is 1310. The van der Waals surface area contributed by atoms with Crippen molar-refractivity contribution in [1.29, 1.82) is 0 Å². The minimum Gasteiger partial charge on any atom is -0.493 e. The van der Waals surface area contributed by atoms with E-state index in [1.165, 1.54) is 24.1 Å². The zero-order chi connectivity index (χ0) is 25.7. The number of thioether (sulfide) groups is 1. The average Bonchev–Trinajstić information content (AvgIpc) is 3.11. The number of imide groups is 1. The first-order chi connectivity index (χ1) is 17.3. The van der Waals surface area contributed by atoms with Crippen LogP contribution in [0.2, 0.25) is 0 Å². The van der Waals surface area contributed by atoms with Gasteiger partial charge in [0.2, 0.25) is 0 Å². The van der Waals surface area contributed by atoms with Crippen molar-refractivity contribution >= 4 is 44.9 Å². The number of amides is 2. The van der Waals surface area contributed by atoms with E-state index in [-0.39, 0.29) is 36.7 Å². The molecule has 186 valence electrons. The second-order valence-electron chi connectivity index (χ2n) is 7.95. The van der Waals surface area contributed by atoms with Gasteiger partial charge in [-0.05, 0) is 93.8 Å². The number of carbonyl (C=O) groups excluding carboxylic acids is 2. The number of hydrogen-bond donors (Lipinski definition) is 0. The summed E-state index contributed by atoms with van der Waals surface area (Å²) in [5, 5.41) is -0.343. The molecule has 9 heteroatoms. The molecule has 0 unspecified atom stereocenters. The predicted molar refractivity (Wildman–Crippen MR) is 141 cm³/mol. The molecule has 6 nitrogen and oxygen atoms in total. The van der Waals surface area contributed by atoms with Gasteiger partial charge in [-0.15, -0.1) is 0 Å². The summed E-state index contributed by atoms with van der Waals surface area (Å²) in [6.45, 7) is 2.54. The molecule has 1 aliphatic rings. The summed E-state index contributed by atoms with van der Waals surface area (Å²) < 4.78 is 30.8.